The van der Waals surface area contributed by atoms with Gasteiger partial charge < -0.3 is 10.6 Å². The van der Waals surface area contributed by atoms with Gasteiger partial charge in [0.2, 0.25) is 5.91 Å². The SMILES string of the molecule is Cl.Cl.NC1CCCC(C(=O)N2CCN(CC3CCCCC3)CC2)C1. The maximum atomic E-state index is 12.6. The number of amides is 1. The number of carbonyl (C=O) groups excluding carboxylic acids is 1. The molecule has 1 amide bonds. The second kappa shape index (κ2) is 10.8. The number of nitrogens with two attached hydrogens (primary N) is 1. The van der Waals surface area contributed by atoms with Crippen molar-refractivity contribution in [1.82, 2.24) is 9.80 Å². The highest BCUT2D eigenvalue weighted by molar-refractivity contribution is 5.85. The Kier molecular flexibility index (Phi) is 9.95. The maximum absolute atomic E-state index is 12.6. The van der Waals surface area contributed by atoms with E-state index in [2.05, 4.69) is 9.80 Å². The quantitative estimate of drug-likeness (QED) is 0.819. The van der Waals surface area contributed by atoms with Crippen molar-refractivity contribution < 1.29 is 4.79 Å². The molecule has 0 radical (unpaired) electrons. The summed E-state index contributed by atoms with van der Waals surface area (Å²) < 4.78 is 0. The molecule has 1 heterocycles. The third-order valence-corrected chi connectivity index (χ3v) is 5.99. The predicted molar refractivity (Wildman–Crippen MR) is 104 cm³/mol. The minimum Gasteiger partial charge on any atom is -0.340 e. The second-order valence-corrected chi connectivity index (χ2v) is 7.75. The first kappa shape index (κ1) is 22.0. The Morgan fingerprint density at radius 3 is 2.17 bits per heavy atom. The zero-order chi connectivity index (χ0) is 15.4. The molecule has 0 aromatic heterocycles. The lowest BCUT2D eigenvalue weighted by Crippen LogP contribution is -2.52. The van der Waals surface area contributed by atoms with Crippen LogP contribution in [0.1, 0.15) is 57.8 Å². The van der Waals surface area contributed by atoms with Crippen molar-refractivity contribution in [2.75, 3.05) is 32.7 Å². The zero-order valence-electron chi connectivity index (χ0n) is 14.8. The van der Waals surface area contributed by atoms with Crippen LogP contribution in [0.15, 0.2) is 0 Å². The van der Waals surface area contributed by atoms with Crippen LogP contribution in [0, 0.1) is 11.8 Å². The highest BCUT2D eigenvalue weighted by Gasteiger charge is 2.31. The number of rotatable bonds is 3. The largest absolute Gasteiger partial charge is 0.340 e. The van der Waals surface area contributed by atoms with Crippen LogP contribution in [0.5, 0.6) is 0 Å². The Hall–Kier alpha value is -0.0300. The Labute approximate surface area is 159 Å². The lowest BCUT2D eigenvalue weighted by molar-refractivity contribution is -0.138. The molecule has 142 valence electrons. The van der Waals surface area contributed by atoms with Gasteiger partial charge in [-0.05, 0) is 38.0 Å². The number of nitrogens with zero attached hydrogens (tertiary/aromatic N) is 2. The van der Waals surface area contributed by atoms with Crippen molar-refractivity contribution in [2.45, 2.75) is 63.8 Å². The average Bonchev–Trinajstić information content (AvgIpc) is 2.56. The number of carbonyl (C=O) groups is 1. The fraction of sp³-hybridized carbons (Fsp3) is 0.944. The molecule has 0 aromatic rings. The smallest absolute Gasteiger partial charge is 0.225 e. The normalized spacial score (nSPS) is 29.5. The van der Waals surface area contributed by atoms with Gasteiger partial charge in [-0.15, -0.1) is 24.8 Å². The lowest BCUT2D eigenvalue weighted by atomic mass is 9.85. The van der Waals surface area contributed by atoms with E-state index in [1.54, 1.807) is 0 Å². The van der Waals surface area contributed by atoms with E-state index in [1.807, 2.05) is 0 Å². The molecule has 2 atom stereocenters. The topological polar surface area (TPSA) is 49.6 Å². The van der Waals surface area contributed by atoms with E-state index in [9.17, 15) is 4.79 Å². The molecule has 24 heavy (non-hydrogen) atoms. The van der Waals surface area contributed by atoms with Crippen LogP contribution in [-0.2, 0) is 4.79 Å². The molecule has 1 saturated heterocycles. The Morgan fingerprint density at radius 2 is 1.54 bits per heavy atom. The molecular weight excluding hydrogens is 345 g/mol. The van der Waals surface area contributed by atoms with E-state index in [1.165, 1.54) is 38.6 Å². The predicted octanol–water partition coefficient (Wildman–Crippen LogP) is 3.07. The van der Waals surface area contributed by atoms with Crippen molar-refractivity contribution in [1.29, 1.82) is 0 Å². The number of piperazine rings is 1. The second-order valence-electron chi connectivity index (χ2n) is 7.75. The summed E-state index contributed by atoms with van der Waals surface area (Å²) in [5.74, 6) is 1.49. The van der Waals surface area contributed by atoms with Crippen LogP contribution in [0.4, 0.5) is 0 Å². The fourth-order valence-electron chi connectivity index (χ4n) is 4.60. The summed E-state index contributed by atoms with van der Waals surface area (Å²) in [6.07, 6.45) is 11.3. The molecule has 2 aliphatic carbocycles. The molecule has 0 bridgehead atoms. The third kappa shape index (κ3) is 6.05. The Morgan fingerprint density at radius 1 is 0.875 bits per heavy atom. The molecule has 0 aromatic carbocycles. The van der Waals surface area contributed by atoms with Gasteiger partial charge in [0.1, 0.15) is 0 Å². The summed E-state index contributed by atoms with van der Waals surface area (Å²) in [7, 11) is 0. The van der Waals surface area contributed by atoms with Crippen molar-refractivity contribution in [3.63, 3.8) is 0 Å². The Bertz CT molecular complexity index is 369. The van der Waals surface area contributed by atoms with E-state index in [-0.39, 0.29) is 36.8 Å². The van der Waals surface area contributed by atoms with Gasteiger partial charge >= 0.3 is 0 Å². The van der Waals surface area contributed by atoms with Crippen LogP contribution in [-0.4, -0.2) is 54.5 Å². The van der Waals surface area contributed by atoms with Crippen LogP contribution in [0.25, 0.3) is 0 Å². The van der Waals surface area contributed by atoms with Gasteiger partial charge in [-0.1, -0.05) is 25.7 Å². The zero-order valence-corrected chi connectivity index (χ0v) is 16.5. The van der Waals surface area contributed by atoms with Crippen molar-refractivity contribution in [3.8, 4) is 0 Å². The summed E-state index contributed by atoms with van der Waals surface area (Å²) in [6.45, 7) is 5.26. The summed E-state index contributed by atoms with van der Waals surface area (Å²) in [5.41, 5.74) is 6.04. The third-order valence-electron chi connectivity index (χ3n) is 5.99. The lowest BCUT2D eigenvalue weighted by Gasteiger charge is -2.39. The molecule has 6 heteroatoms. The van der Waals surface area contributed by atoms with Gasteiger partial charge in [-0.3, -0.25) is 9.69 Å². The van der Waals surface area contributed by atoms with Crippen LogP contribution < -0.4 is 5.73 Å². The fourth-order valence-corrected chi connectivity index (χ4v) is 4.60. The Balaban J connectivity index is 0.00000144. The molecule has 2 unspecified atom stereocenters. The molecule has 3 aliphatic rings. The number of hydrogen-bond acceptors (Lipinski definition) is 3. The summed E-state index contributed by atoms with van der Waals surface area (Å²) in [5, 5.41) is 0. The van der Waals surface area contributed by atoms with Crippen LogP contribution in [0.2, 0.25) is 0 Å². The van der Waals surface area contributed by atoms with Gasteiger partial charge in [-0.25, -0.2) is 0 Å². The molecule has 2 N–H and O–H groups in total. The van der Waals surface area contributed by atoms with Gasteiger partial charge in [0.05, 0.1) is 0 Å². The van der Waals surface area contributed by atoms with E-state index >= 15 is 0 Å². The van der Waals surface area contributed by atoms with E-state index in [0.29, 0.717) is 5.91 Å². The van der Waals surface area contributed by atoms with Crippen molar-refractivity contribution in [2.24, 2.45) is 17.6 Å². The van der Waals surface area contributed by atoms with E-state index < -0.39 is 0 Å². The minimum absolute atomic E-state index is 0. The van der Waals surface area contributed by atoms with Gasteiger partial charge in [-0.2, -0.15) is 0 Å². The standard InChI is InChI=1S/C18H33N3O.2ClH/c19-17-8-4-7-16(13-17)18(22)21-11-9-20(10-12-21)14-15-5-2-1-3-6-15;;/h15-17H,1-14,19H2;2*1H. The molecule has 4 nitrogen and oxygen atoms in total. The van der Waals surface area contributed by atoms with Gasteiger partial charge in [0.25, 0.3) is 0 Å². The molecule has 2 saturated carbocycles. The van der Waals surface area contributed by atoms with E-state index in [4.69, 9.17) is 5.73 Å². The van der Waals surface area contributed by atoms with Crippen molar-refractivity contribution in [3.05, 3.63) is 0 Å². The molecule has 0 spiro atoms. The first-order valence-corrected chi connectivity index (χ1v) is 9.49. The molecular formula is C18H35Cl2N3O. The number of halogens is 2. The van der Waals surface area contributed by atoms with Crippen LogP contribution in [0.3, 0.4) is 0 Å². The maximum Gasteiger partial charge on any atom is 0.225 e. The molecule has 3 fully saturated rings. The first-order chi connectivity index (χ1) is 10.7. The van der Waals surface area contributed by atoms with Crippen molar-refractivity contribution >= 4 is 30.7 Å². The average molecular weight is 380 g/mol. The molecule has 1 aliphatic heterocycles. The van der Waals surface area contributed by atoms with Crippen LogP contribution >= 0.6 is 24.8 Å². The first-order valence-electron chi connectivity index (χ1n) is 9.49. The monoisotopic (exact) mass is 379 g/mol. The number of hydrogen-bond donors (Lipinski definition) is 1. The van der Waals surface area contributed by atoms with Gasteiger partial charge in [0.15, 0.2) is 0 Å². The van der Waals surface area contributed by atoms with E-state index in [0.717, 1.165) is 57.8 Å². The summed E-state index contributed by atoms with van der Waals surface area (Å²) in [4.78, 5) is 17.3. The summed E-state index contributed by atoms with van der Waals surface area (Å²) >= 11 is 0. The molecule has 3 rings (SSSR count). The summed E-state index contributed by atoms with van der Waals surface area (Å²) in [6, 6.07) is 0.246. The van der Waals surface area contributed by atoms with Gasteiger partial charge in [0, 0.05) is 44.7 Å². The minimum atomic E-state index is 0. The highest BCUT2D eigenvalue weighted by atomic mass is 35.5. The highest BCUT2D eigenvalue weighted by Crippen LogP contribution is 2.27.